The highest BCUT2D eigenvalue weighted by molar-refractivity contribution is 5.78. The van der Waals surface area contributed by atoms with E-state index >= 15 is 0 Å². The molecule has 1 aliphatic heterocycles. The third-order valence-electron chi connectivity index (χ3n) is 3.18. The predicted molar refractivity (Wildman–Crippen MR) is 71.1 cm³/mol. The van der Waals surface area contributed by atoms with Crippen LogP contribution in [0.15, 0.2) is 12.2 Å². The SMILES string of the molecule is O=C1CCC/C=C\CCCCCCCOCC1. The number of allylic oxidation sites excluding steroid dienone is 2. The molecule has 0 bridgehead atoms. The molecule has 0 fully saturated rings. The van der Waals surface area contributed by atoms with Gasteiger partial charge in [-0.3, -0.25) is 4.79 Å². The average Bonchev–Trinajstić information content (AvgIpc) is 2.32. The molecule has 1 rings (SSSR count). The lowest BCUT2D eigenvalue weighted by Gasteiger charge is -2.04. The van der Waals surface area contributed by atoms with Crippen LogP contribution in [0.1, 0.15) is 64.2 Å². The van der Waals surface area contributed by atoms with Crippen LogP contribution in [0.2, 0.25) is 0 Å². The van der Waals surface area contributed by atoms with E-state index in [0.29, 0.717) is 25.2 Å². The van der Waals surface area contributed by atoms with Gasteiger partial charge in [0.25, 0.3) is 0 Å². The highest BCUT2D eigenvalue weighted by atomic mass is 16.5. The summed E-state index contributed by atoms with van der Waals surface area (Å²) in [4.78, 5) is 11.5. The van der Waals surface area contributed by atoms with Crippen molar-refractivity contribution >= 4 is 5.78 Å². The Hall–Kier alpha value is -0.630. The number of carbonyl (C=O) groups excluding carboxylic acids is 1. The van der Waals surface area contributed by atoms with Gasteiger partial charge < -0.3 is 4.74 Å². The van der Waals surface area contributed by atoms with Crippen molar-refractivity contribution in [3.05, 3.63) is 12.2 Å². The van der Waals surface area contributed by atoms with Crippen LogP contribution < -0.4 is 0 Å². The highest BCUT2D eigenvalue weighted by Gasteiger charge is 2.01. The van der Waals surface area contributed by atoms with Gasteiger partial charge in [-0.1, -0.05) is 31.4 Å². The van der Waals surface area contributed by atoms with Crippen molar-refractivity contribution in [1.82, 2.24) is 0 Å². The molecule has 0 N–H and O–H groups in total. The van der Waals surface area contributed by atoms with Crippen LogP contribution in [0.5, 0.6) is 0 Å². The monoisotopic (exact) mass is 238 g/mol. The predicted octanol–water partition coefficient (Wildman–Crippen LogP) is 4.04. The normalized spacial score (nSPS) is 24.4. The van der Waals surface area contributed by atoms with Gasteiger partial charge in [0.2, 0.25) is 0 Å². The number of hydrogen-bond acceptors (Lipinski definition) is 2. The zero-order chi connectivity index (χ0) is 12.2. The minimum atomic E-state index is 0.352. The first-order valence-corrected chi connectivity index (χ1v) is 7.14. The van der Waals surface area contributed by atoms with Crippen molar-refractivity contribution in [3.63, 3.8) is 0 Å². The molecule has 2 nitrogen and oxygen atoms in total. The van der Waals surface area contributed by atoms with E-state index in [0.717, 1.165) is 25.9 Å². The van der Waals surface area contributed by atoms with Crippen LogP contribution in [0.4, 0.5) is 0 Å². The molecule has 0 aromatic rings. The number of ether oxygens (including phenoxy) is 1. The summed E-state index contributed by atoms with van der Waals surface area (Å²) >= 11 is 0. The van der Waals surface area contributed by atoms with Crippen LogP contribution in [0.3, 0.4) is 0 Å². The lowest BCUT2D eigenvalue weighted by Crippen LogP contribution is -2.05. The molecule has 0 radical (unpaired) electrons. The van der Waals surface area contributed by atoms with Gasteiger partial charge in [-0.25, -0.2) is 0 Å². The second kappa shape index (κ2) is 10.5. The van der Waals surface area contributed by atoms with E-state index in [1.54, 1.807) is 0 Å². The molecule has 0 aromatic carbocycles. The van der Waals surface area contributed by atoms with E-state index in [1.807, 2.05) is 0 Å². The Kier molecular flexibility index (Phi) is 8.93. The molecule has 0 aliphatic carbocycles. The second-order valence-electron chi connectivity index (χ2n) is 4.82. The number of carbonyl (C=O) groups is 1. The first-order chi connectivity index (χ1) is 8.39. The molecule has 98 valence electrons. The van der Waals surface area contributed by atoms with Gasteiger partial charge in [-0.15, -0.1) is 0 Å². The Bertz CT molecular complexity index is 221. The lowest BCUT2D eigenvalue weighted by molar-refractivity contribution is -0.120. The van der Waals surface area contributed by atoms with Gasteiger partial charge in [-0.05, 0) is 32.1 Å². The van der Waals surface area contributed by atoms with Crippen LogP contribution in [-0.2, 0) is 9.53 Å². The fourth-order valence-electron chi connectivity index (χ4n) is 2.06. The first-order valence-electron chi connectivity index (χ1n) is 7.14. The standard InChI is InChI=1S/C15H26O2/c16-15-11-9-7-5-3-1-2-4-6-8-10-13-17-14-12-15/h3,5H,1-2,4,6-14H2/b5-3-. The fourth-order valence-corrected chi connectivity index (χ4v) is 2.06. The summed E-state index contributed by atoms with van der Waals surface area (Å²) in [5.74, 6) is 0.352. The van der Waals surface area contributed by atoms with Crippen molar-refractivity contribution in [3.8, 4) is 0 Å². The zero-order valence-electron chi connectivity index (χ0n) is 11.0. The van der Waals surface area contributed by atoms with Gasteiger partial charge in [0.15, 0.2) is 0 Å². The molecule has 1 heterocycles. The third-order valence-corrected chi connectivity index (χ3v) is 3.18. The quantitative estimate of drug-likeness (QED) is 0.595. The van der Waals surface area contributed by atoms with Crippen molar-refractivity contribution < 1.29 is 9.53 Å². The van der Waals surface area contributed by atoms with E-state index in [9.17, 15) is 4.79 Å². The maximum Gasteiger partial charge on any atom is 0.135 e. The molecule has 0 saturated heterocycles. The Morgan fingerprint density at radius 2 is 1.47 bits per heavy atom. The summed E-state index contributed by atoms with van der Waals surface area (Å²) in [7, 11) is 0. The summed E-state index contributed by atoms with van der Waals surface area (Å²) < 4.78 is 5.47. The van der Waals surface area contributed by atoms with Crippen molar-refractivity contribution in [2.75, 3.05) is 13.2 Å². The van der Waals surface area contributed by atoms with Crippen molar-refractivity contribution in [2.24, 2.45) is 0 Å². The fraction of sp³-hybridized carbons (Fsp3) is 0.800. The molecule has 0 spiro atoms. The van der Waals surface area contributed by atoms with E-state index in [4.69, 9.17) is 4.74 Å². The van der Waals surface area contributed by atoms with Gasteiger partial charge in [0.1, 0.15) is 5.78 Å². The number of rotatable bonds is 0. The molecule has 0 atom stereocenters. The van der Waals surface area contributed by atoms with Crippen LogP contribution in [0, 0.1) is 0 Å². The average molecular weight is 238 g/mol. The van der Waals surface area contributed by atoms with Crippen LogP contribution in [-0.4, -0.2) is 19.0 Å². The topological polar surface area (TPSA) is 26.3 Å². The van der Waals surface area contributed by atoms with E-state index in [-0.39, 0.29) is 0 Å². The van der Waals surface area contributed by atoms with E-state index < -0.39 is 0 Å². The zero-order valence-corrected chi connectivity index (χ0v) is 11.0. The molecule has 2 heteroatoms. The van der Waals surface area contributed by atoms with E-state index in [2.05, 4.69) is 12.2 Å². The lowest BCUT2D eigenvalue weighted by atomic mass is 10.1. The first kappa shape index (κ1) is 14.4. The van der Waals surface area contributed by atoms with Gasteiger partial charge in [-0.2, -0.15) is 0 Å². The summed E-state index contributed by atoms with van der Waals surface area (Å²) in [6, 6.07) is 0. The largest absolute Gasteiger partial charge is 0.381 e. The van der Waals surface area contributed by atoms with Crippen molar-refractivity contribution in [1.29, 1.82) is 0 Å². The van der Waals surface area contributed by atoms with Crippen LogP contribution in [0.25, 0.3) is 0 Å². The minimum Gasteiger partial charge on any atom is -0.381 e. The third kappa shape index (κ3) is 9.11. The Balaban J connectivity index is 2.19. The molecule has 0 saturated carbocycles. The summed E-state index contributed by atoms with van der Waals surface area (Å²) in [5.41, 5.74) is 0. The Labute approximate surface area is 105 Å². The summed E-state index contributed by atoms with van der Waals surface area (Å²) in [5, 5.41) is 0. The Morgan fingerprint density at radius 1 is 0.765 bits per heavy atom. The number of hydrogen-bond donors (Lipinski definition) is 0. The highest BCUT2D eigenvalue weighted by Crippen LogP contribution is 2.08. The van der Waals surface area contributed by atoms with Gasteiger partial charge in [0, 0.05) is 19.4 Å². The molecule has 0 unspecified atom stereocenters. The molecule has 17 heavy (non-hydrogen) atoms. The minimum absolute atomic E-state index is 0.352. The smallest absolute Gasteiger partial charge is 0.135 e. The molecular weight excluding hydrogens is 212 g/mol. The number of ketones is 1. The Morgan fingerprint density at radius 3 is 2.35 bits per heavy atom. The molecule has 0 amide bonds. The maximum absolute atomic E-state index is 11.5. The van der Waals surface area contributed by atoms with Gasteiger partial charge in [0.05, 0.1) is 6.61 Å². The van der Waals surface area contributed by atoms with Gasteiger partial charge >= 0.3 is 0 Å². The van der Waals surface area contributed by atoms with Crippen molar-refractivity contribution in [2.45, 2.75) is 64.2 Å². The number of Topliss-reactive ketones (excluding diaryl/α,β-unsaturated/α-hetero) is 1. The second-order valence-corrected chi connectivity index (χ2v) is 4.82. The summed E-state index contributed by atoms with van der Waals surface area (Å²) in [6.45, 7) is 1.45. The molecular formula is C15H26O2. The maximum atomic E-state index is 11.5. The van der Waals surface area contributed by atoms with Crippen LogP contribution >= 0.6 is 0 Å². The molecule has 0 aromatic heterocycles. The van der Waals surface area contributed by atoms with E-state index in [1.165, 1.54) is 32.1 Å². The summed E-state index contributed by atoms with van der Waals surface area (Å²) in [6.07, 6.45) is 15.4. The molecule has 1 aliphatic rings.